The van der Waals surface area contributed by atoms with Crippen LogP contribution in [0.4, 0.5) is 5.69 Å². The maximum atomic E-state index is 12.2. The molecule has 9 nitrogen and oxygen atoms in total. The Balaban J connectivity index is 1.94. The molecule has 1 N–H and O–H groups in total. The summed E-state index contributed by atoms with van der Waals surface area (Å²) in [6.45, 7) is 0. The minimum atomic E-state index is -3.78. The lowest BCUT2D eigenvalue weighted by Crippen LogP contribution is -2.14. The van der Waals surface area contributed by atoms with Crippen LogP contribution < -0.4 is 4.72 Å². The molecular weight excluding hydrogens is 360 g/mol. The van der Waals surface area contributed by atoms with Crippen LogP contribution in [0.15, 0.2) is 51.8 Å². The fourth-order valence-electron chi connectivity index (χ4n) is 2.68. The molecule has 0 radical (unpaired) electrons. The molecule has 0 saturated carbocycles. The number of nitro benzene ring substituents is 1. The minimum absolute atomic E-state index is 0.0505. The molecule has 1 aliphatic rings. The zero-order chi connectivity index (χ0) is 18.5. The molecule has 2 heterocycles. The van der Waals surface area contributed by atoms with Crippen molar-refractivity contribution >= 4 is 38.1 Å². The van der Waals surface area contributed by atoms with E-state index in [0.29, 0.717) is 5.56 Å². The molecule has 1 aromatic heterocycles. The normalized spacial score (nSPS) is 16.6. The highest BCUT2D eigenvalue weighted by atomic mass is 32.2. The number of nitrogens with one attached hydrogen (secondary N) is 1. The summed E-state index contributed by atoms with van der Waals surface area (Å²) in [7, 11) is -3.78. The first-order chi connectivity index (χ1) is 12.4. The van der Waals surface area contributed by atoms with Crippen LogP contribution in [0.1, 0.15) is 11.5 Å². The predicted molar refractivity (Wildman–Crippen MR) is 89.9 cm³/mol. The first kappa shape index (κ1) is 15.8. The van der Waals surface area contributed by atoms with E-state index in [1.165, 1.54) is 24.3 Å². The molecule has 26 heavy (non-hydrogen) atoms. The summed E-state index contributed by atoms with van der Waals surface area (Å²) in [6, 6.07) is 12.0. The van der Waals surface area contributed by atoms with Gasteiger partial charge in [-0.2, -0.15) is 5.26 Å². The van der Waals surface area contributed by atoms with Crippen molar-refractivity contribution in [2.45, 2.75) is 4.90 Å². The van der Waals surface area contributed by atoms with E-state index in [4.69, 9.17) is 4.42 Å². The molecule has 0 amide bonds. The Bertz CT molecular complexity index is 1270. The van der Waals surface area contributed by atoms with Crippen molar-refractivity contribution in [3.8, 4) is 6.07 Å². The number of aromatic nitrogens is 1. The summed E-state index contributed by atoms with van der Waals surface area (Å²) in [6.07, 6.45) is 0. The van der Waals surface area contributed by atoms with E-state index in [9.17, 15) is 23.8 Å². The van der Waals surface area contributed by atoms with Gasteiger partial charge in [0.2, 0.25) is 5.89 Å². The summed E-state index contributed by atoms with van der Waals surface area (Å²) < 4.78 is 32.3. The lowest BCUT2D eigenvalue weighted by atomic mass is 10.1. The molecule has 0 fully saturated rings. The molecule has 0 saturated heterocycles. The first-order valence-electron chi connectivity index (χ1n) is 7.22. The molecule has 0 atom stereocenters. The highest BCUT2D eigenvalue weighted by Gasteiger charge is 2.33. The van der Waals surface area contributed by atoms with Crippen molar-refractivity contribution in [2.75, 3.05) is 0 Å². The number of nitro groups is 1. The van der Waals surface area contributed by atoms with Gasteiger partial charge < -0.3 is 4.42 Å². The van der Waals surface area contributed by atoms with Gasteiger partial charge in [0, 0.05) is 17.7 Å². The Kier molecular flexibility index (Phi) is 3.28. The maximum Gasteiger partial charge on any atom is 0.271 e. The number of allylic oxidation sites excluding steroid dienone is 1. The van der Waals surface area contributed by atoms with Crippen molar-refractivity contribution < 1.29 is 17.8 Å². The average Bonchev–Trinajstić information content (AvgIpc) is 3.14. The Morgan fingerprint density at radius 3 is 2.77 bits per heavy atom. The number of nitrogens with zero attached hydrogens (tertiary/aromatic N) is 3. The molecule has 3 aromatic rings. The van der Waals surface area contributed by atoms with Crippen molar-refractivity contribution in [3.05, 3.63) is 64.0 Å². The number of rotatable bonds is 2. The topological polar surface area (TPSA) is 139 Å². The third kappa shape index (κ3) is 2.30. The second-order valence-electron chi connectivity index (χ2n) is 5.39. The largest absolute Gasteiger partial charge is 0.435 e. The van der Waals surface area contributed by atoms with E-state index in [2.05, 4.69) is 9.71 Å². The number of non-ortho nitro benzene ring substituents is 1. The first-order valence-corrected chi connectivity index (χ1v) is 8.71. The van der Waals surface area contributed by atoms with E-state index in [1.54, 1.807) is 18.2 Å². The fourth-order valence-corrected chi connectivity index (χ4v) is 3.99. The fraction of sp³-hybridized carbons (Fsp3) is 0. The standard InChI is InChI=1S/C16H8N4O5S/c17-8-11(15-10-3-1-2-4-14(10)26(23,24)19-15)16-18-12-7-9(20(21)22)5-6-13(12)25-16/h1-7,19H/b15-11-. The molecule has 0 spiro atoms. The molecule has 128 valence electrons. The number of sulfonamides is 1. The summed E-state index contributed by atoms with van der Waals surface area (Å²) in [5.41, 5.74) is 0.541. The number of oxazole rings is 1. The monoisotopic (exact) mass is 368 g/mol. The van der Waals surface area contributed by atoms with Crippen molar-refractivity contribution in [1.29, 1.82) is 5.26 Å². The van der Waals surface area contributed by atoms with Crippen LogP contribution in [-0.4, -0.2) is 18.3 Å². The Morgan fingerprint density at radius 2 is 2.04 bits per heavy atom. The van der Waals surface area contributed by atoms with E-state index in [0.717, 1.165) is 0 Å². The molecular formula is C16H8N4O5S. The quantitative estimate of drug-likeness (QED) is 0.416. The van der Waals surface area contributed by atoms with Gasteiger partial charge in [-0.25, -0.2) is 13.4 Å². The van der Waals surface area contributed by atoms with Crippen LogP contribution in [0, 0.1) is 21.4 Å². The second kappa shape index (κ2) is 5.40. The van der Waals surface area contributed by atoms with Gasteiger partial charge in [-0.3, -0.25) is 14.8 Å². The molecule has 0 unspecified atom stereocenters. The van der Waals surface area contributed by atoms with E-state index >= 15 is 0 Å². The van der Waals surface area contributed by atoms with Crippen LogP contribution >= 0.6 is 0 Å². The van der Waals surface area contributed by atoms with E-state index < -0.39 is 14.9 Å². The summed E-state index contributed by atoms with van der Waals surface area (Å²) in [5.74, 6) is -0.127. The summed E-state index contributed by atoms with van der Waals surface area (Å²) >= 11 is 0. The zero-order valence-electron chi connectivity index (χ0n) is 12.8. The smallest absolute Gasteiger partial charge is 0.271 e. The minimum Gasteiger partial charge on any atom is -0.435 e. The molecule has 10 heteroatoms. The molecule has 0 bridgehead atoms. The third-order valence-corrected chi connectivity index (χ3v) is 5.25. The number of benzene rings is 2. The Hall–Kier alpha value is -3.71. The molecule has 2 aromatic carbocycles. The van der Waals surface area contributed by atoms with Crippen molar-refractivity contribution in [3.63, 3.8) is 0 Å². The molecule has 1 aliphatic heterocycles. The van der Waals surface area contributed by atoms with Gasteiger partial charge in [0.15, 0.2) is 5.58 Å². The SMILES string of the molecule is N#C/C(=C1/NS(=O)(=O)c2ccccc21)c1nc2cc([N+](=O)[O-])ccc2o1. The van der Waals surface area contributed by atoms with Crippen molar-refractivity contribution in [2.24, 2.45) is 0 Å². The van der Waals surface area contributed by atoms with Gasteiger partial charge in [-0.15, -0.1) is 0 Å². The predicted octanol–water partition coefficient (Wildman–Crippen LogP) is 2.42. The van der Waals surface area contributed by atoms with Gasteiger partial charge in [0.25, 0.3) is 15.7 Å². The average molecular weight is 368 g/mol. The lowest BCUT2D eigenvalue weighted by molar-refractivity contribution is -0.384. The van der Waals surface area contributed by atoms with Gasteiger partial charge in [0.05, 0.1) is 15.5 Å². The third-order valence-electron chi connectivity index (χ3n) is 3.84. The van der Waals surface area contributed by atoms with Gasteiger partial charge in [-0.1, -0.05) is 18.2 Å². The van der Waals surface area contributed by atoms with Gasteiger partial charge in [-0.05, 0) is 12.1 Å². The lowest BCUT2D eigenvalue weighted by Gasteiger charge is -2.01. The zero-order valence-corrected chi connectivity index (χ0v) is 13.6. The summed E-state index contributed by atoms with van der Waals surface area (Å²) in [4.78, 5) is 14.5. The van der Waals surface area contributed by atoms with Crippen LogP contribution in [-0.2, 0) is 10.0 Å². The number of fused-ring (bicyclic) bond motifs is 2. The number of nitriles is 1. The highest BCUT2D eigenvalue weighted by molar-refractivity contribution is 7.90. The van der Waals surface area contributed by atoms with Gasteiger partial charge >= 0.3 is 0 Å². The highest BCUT2D eigenvalue weighted by Crippen LogP contribution is 2.35. The second-order valence-corrected chi connectivity index (χ2v) is 7.04. The van der Waals surface area contributed by atoms with Crippen LogP contribution in [0.3, 0.4) is 0 Å². The van der Waals surface area contributed by atoms with E-state index in [-0.39, 0.29) is 38.8 Å². The van der Waals surface area contributed by atoms with E-state index in [1.807, 2.05) is 6.07 Å². The summed E-state index contributed by atoms with van der Waals surface area (Å²) in [5, 5.41) is 20.4. The van der Waals surface area contributed by atoms with Gasteiger partial charge in [0.1, 0.15) is 17.2 Å². The molecule has 0 aliphatic carbocycles. The number of hydrogen-bond acceptors (Lipinski definition) is 7. The number of hydrogen-bond donors (Lipinski definition) is 1. The Morgan fingerprint density at radius 1 is 1.27 bits per heavy atom. The Labute approximate surface area is 146 Å². The van der Waals surface area contributed by atoms with Crippen LogP contribution in [0.25, 0.3) is 22.4 Å². The van der Waals surface area contributed by atoms with Crippen molar-refractivity contribution in [1.82, 2.24) is 9.71 Å². The maximum absolute atomic E-state index is 12.2. The molecule has 4 rings (SSSR count). The van der Waals surface area contributed by atoms with Crippen LogP contribution in [0.2, 0.25) is 0 Å². The van der Waals surface area contributed by atoms with Crippen LogP contribution in [0.5, 0.6) is 0 Å².